The third-order valence-electron chi connectivity index (χ3n) is 3.66. The molecular formula is C14H21BrCl2N2O2S. The minimum atomic E-state index is -3.54. The van der Waals surface area contributed by atoms with Crippen molar-refractivity contribution in [1.29, 1.82) is 0 Å². The number of rotatable bonds is 5. The lowest BCUT2D eigenvalue weighted by molar-refractivity contribution is 0.262. The molecule has 4 nitrogen and oxygen atoms in total. The number of halogens is 3. The van der Waals surface area contributed by atoms with Crippen LogP contribution < -0.4 is 5.32 Å². The van der Waals surface area contributed by atoms with Crippen LogP contribution in [0.4, 0.5) is 0 Å². The second-order valence-electron chi connectivity index (χ2n) is 5.15. The predicted molar refractivity (Wildman–Crippen MR) is 96.5 cm³/mol. The molecule has 0 unspecified atom stereocenters. The Hall–Kier alpha value is 0.150. The van der Waals surface area contributed by atoms with E-state index in [-0.39, 0.29) is 23.3 Å². The van der Waals surface area contributed by atoms with Gasteiger partial charge in [-0.3, -0.25) is 0 Å². The maximum Gasteiger partial charge on any atom is 0.244 e. The SMILES string of the molecule is CCCN(C1CCNCC1)S(=O)(=O)c1cccc(Cl)c1Br.Cl. The van der Waals surface area contributed by atoms with Crippen molar-refractivity contribution in [3.63, 3.8) is 0 Å². The van der Waals surface area contributed by atoms with Crippen molar-refractivity contribution in [2.45, 2.75) is 37.1 Å². The summed E-state index contributed by atoms with van der Waals surface area (Å²) in [5, 5.41) is 3.69. The largest absolute Gasteiger partial charge is 0.317 e. The van der Waals surface area contributed by atoms with E-state index >= 15 is 0 Å². The second kappa shape index (κ2) is 8.85. The summed E-state index contributed by atoms with van der Waals surface area (Å²) in [7, 11) is -3.54. The van der Waals surface area contributed by atoms with E-state index in [4.69, 9.17) is 11.6 Å². The number of nitrogens with zero attached hydrogens (tertiary/aromatic N) is 1. The molecule has 0 bridgehead atoms. The molecule has 0 amide bonds. The quantitative estimate of drug-likeness (QED) is 0.773. The number of nitrogens with one attached hydrogen (secondary N) is 1. The van der Waals surface area contributed by atoms with Gasteiger partial charge in [-0.2, -0.15) is 4.31 Å². The monoisotopic (exact) mass is 430 g/mol. The van der Waals surface area contributed by atoms with Gasteiger partial charge in [0.15, 0.2) is 0 Å². The van der Waals surface area contributed by atoms with E-state index in [2.05, 4.69) is 21.2 Å². The fraction of sp³-hybridized carbons (Fsp3) is 0.571. The summed E-state index contributed by atoms with van der Waals surface area (Å²) < 4.78 is 28.1. The molecule has 0 spiro atoms. The predicted octanol–water partition coefficient (Wildman–Crippen LogP) is 3.68. The molecule has 22 heavy (non-hydrogen) atoms. The van der Waals surface area contributed by atoms with Crippen LogP contribution in [0.2, 0.25) is 5.02 Å². The summed E-state index contributed by atoms with van der Waals surface area (Å²) in [5.74, 6) is 0. The first kappa shape index (κ1) is 20.2. The van der Waals surface area contributed by atoms with Crippen molar-refractivity contribution >= 4 is 50.0 Å². The molecule has 0 saturated carbocycles. The second-order valence-corrected chi connectivity index (χ2v) is 8.21. The summed E-state index contributed by atoms with van der Waals surface area (Å²) in [6.07, 6.45) is 2.48. The summed E-state index contributed by atoms with van der Waals surface area (Å²) in [4.78, 5) is 0.252. The zero-order valence-corrected chi connectivity index (χ0v) is 16.4. The molecule has 0 aromatic heterocycles. The Kier molecular flexibility index (Phi) is 8.12. The van der Waals surface area contributed by atoms with Gasteiger partial charge in [-0.15, -0.1) is 12.4 Å². The number of piperidine rings is 1. The van der Waals surface area contributed by atoms with Crippen LogP contribution in [0.5, 0.6) is 0 Å². The zero-order chi connectivity index (χ0) is 15.5. The maximum absolute atomic E-state index is 13.0. The van der Waals surface area contributed by atoms with Gasteiger partial charge in [-0.25, -0.2) is 8.42 Å². The first-order valence-electron chi connectivity index (χ1n) is 7.15. The van der Waals surface area contributed by atoms with Gasteiger partial charge in [-0.05, 0) is 60.4 Å². The molecule has 1 aromatic rings. The van der Waals surface area contributed by atoms with E-state index in [1.165, 1.54) is 0 Å². The number of hydrogen-bond acceptors (Lipinski definition) is 3. The maximum atomic E-state index is 13.0. The molecule has 1 aliphatic rings. The third kappa shape index (κ3) is 4.36. The van der Waals surface area contributed by atoms with Crippen LogP contribution in [0, 0.1) is 0 Å². The zero-order valence-electron chi connectivity index (χ0n) is 12.4. The van der Waals surface area contributed by atoms with Crippen LogP contribution in [-0.2, 0) is 10.0 Å². The molecule has 126 valence electrons. The first-order chi connectivity index (χ1) is 9.98. The van der Waals surface area contributed by atoms with Gasteiger partial charge in [-0.1, -0.05) is 24.6 Å². The lowest BCUT2D eigenvalue weighted by Gasteiger charge is -2.33. The van der Waals surface area contributed by atoms with Crippen LogP contribution in [-0.4, -0.2) is 38.4 Å². The summed E-state index contributed by atoms with van der Waals surface area (Å²) in [5.41, 5.74) is 0. The van der Waals surface area contributed by atoms with Gasteiger partial charge in [0.2, 0.25) is 10.0 Å². The fourth-order valence-electron chi connectivity index (χ4n) is 2.62. The highest BCUT2D eigenvalue weighted by Crippen LogP contribution is 2.33. The van der Waals surface area contributed by atoms with E-state index < -0.39 is 10.0 Å². The lowest BCUT2D eigenvalue weighted by atomic mass is 10.1. The van der Waals surface area contributed by atoms with Gasteiger partial charge in [0.05, 0.1) is 14.4 Å². The van der Waals surface area contributed by atoms with Crippen molar-refractivity contribution in [1.82, 2.24) is 9.62 Å². The van der Waals surface area contributed by atoms with Crippen molar-refractivity contribution in [3.05, 3.63) is 27.7 Å². The third-order valence-corrected chi connectivity index (χ3v) is 7.32. The standard InChI is InChI=1S/C14H20BrClN2O2S.ClH/c1-2-10-18(11-6-8-17-9-7-11)21(19,20)13-5-3-4-12(16)14(13)15;/h3-5,11,17H,2,6-10H2,1H3;1H. The molecule has 1 aromatic carbocycles. The fourth-order valence-corrected chi connectivity index (χ4v) is 5.60. The van der Waals surface area contributed by atoms with E-state index in [0.717, 1.165) is 32.4 Å². The smallest absolute Gasteiger partial charge is 0.244 e. The van der Waals surface area contributed by atoms with E-state index in [1.54, 1.807) is 22.5 Å². The Morgan fingerprint density at radius 2 is 2.00 bits per heavy atom. The summed E-state index contributed by atoms with van der Waals surface area (Å²) >= 11 is 9.36. The summed E-state index contributed by atoms with van der Waals surface area (Å²) in [6.45, 7) is 4.25. The Labute approximate surface area is 152 Å². The van der Waals surface area contributed by atoms with E-state index in [1.807, 2.05) is 6.92 Å². The molecule has 0 radical (unpaired) electrons. The molecule has 2 rings (SSSR count). The van der Waals surface area contributed by atoms with E-state index in [0.29, 0.717) is 16.0 Å². The minimum Gasteiger partial charge on any atom is -0.317 e. The van der Waals surface area contributed by atoms with E-state index in [9.17, 15) is 8.42 Å². The van der Waals surface area contributed by atoms with Crippen molar-refractivity contribution in [2.75, 3.05) is 19.6 Å². The number of sulfonamides is 1. The molecule has 1 fully saturated rings. The Bertz CT molecular complexity index is 593. The van der Waals surface area contributed by atoms with Crippen LogP contribution in [0.25, 0.3) is 0 Å². The average Bonchev–Trinajstić information content (AvgIpc) is 2.48. The van der Waals surface area contributed by atoms with Crippen LogP contribution in [0.15, 0.2) is 27.6 Å². The van der Waals surface area contributed by atoms with Gasteiger partial charge in [0.1, 0.15) is 0 Å². The van der Waals surface area contributed by atoms with Gasteiger partial charge < -0.3 is 5.32 Å². The molecule has 0 aliphatic carbocycles. The highest BCUT2D eigenvalue weighted by atomic mass is 79.9. The molecule has 1 N–H and O–H groups in total. The highest BCUT2D eigenvalue weighted by Gasteiger charge is 2.33. The Morgan fingerprint density at radius 3 is 2.59 bits per heavy atom. The molecule has 0 atom stereocenters. The van der Waals surface area contributed by atoms with Crippen molar-refractivity contribution in [2.24, 2.45) is 0 Å². The Morgan fingerprint density at radius 1 is 1.36 bits per heavy atom. The van der Waals surface area contributed by atoms with Crippen LogP contribution >= 0.6 is 39.9 Å². The molecule has 8 heteroatoms. The minimum absolute atomic E-state index is 0. The molecule has 1 heterocycles. The topological polar surface area (TPSA) is 49.4 Å². The van der Waals surface area contributed by atoms with Gasteiger partial charge >= 0.3 is 0 Å². The van der Waals surface area contributed by atoms with Crippen LogP contribution in [0.1, 0.15) is 26.2 Å². The lowest BCUT2D eigenvalue weighted by Crippen LogP contribution is -2.46. The molecule has 1 saturated heterocycles. The van der Waals surface area contributed by atoms with Gasteiger partial charge in [0, 0.05) is 12.6 Å². The highest BCUT2D eigenvalue weighted by molar-refractivity contribution is 9.10. The number of benzene rings is 1. The summed E-state index contributed by atoms with van der Waals surface area (Å²) in [6, 6.07) is 5.02. The average molecular weight is 432 g/mol. The Balaban J connectivity index is 0.00000242. The van der Waals surface area contributed by atoms with Crippen molar-refractivity contribution in [3.8, 4) is 0 Å². The first-order valence-corrected chi connectivity index (χ1v) is 9.76. The van der Waals surface area contributed by atoms with Crippen molar-refractivity contribution < 1.29 is 8.42 Å². The van der Waals surface area contributed by atoms with Gasteiger partial charge in [0.25, 0.3) is 0 Å². The molecule has 1 aliphatic heterocycles. The van der Waals surface area contributed by atoms with Crippen LogP contribution in [0.3, 0.4) is 0 Å². The molecular weight excluding hydrogens is 411 g/mol. The number of hydrogen-bond donors (Lipinski definition) is 1. The normalized spacial score (nSPS) is 16.5.